The van der Waals surface area contributed by atoms with E-state index in [4.69, 9.17) is 4.74 Å². The van der Waals surface area contributed by atoms with Crippen LogP contribution in [0.5, 0.6) is 0 Å². The maximum Gasteiger partial charge on any atom is 0.243 e. The van der Waals surface area contributed by atoms with E-state index < -0.39 is 5.41 Å². The number of carbonyl (C=O) groups excluding carboxylic acids is 1. The summed E-state index contributed by atoms with van der Waals surface area (Å²) in [7, 11) is 0. The standard InChI is InChI=1S/C13H20N2O2/c1-11-9-15(7-8-17-11)12(16)13(10-14)5-3-2-4-6-13/h11H,2-9H2,1H3. The van der Waals surface area contributed by atoms with Gasteiger partial charge in [0.1, 0.15) is 5.41 Å². The van der Waals surface area contributed by atoms with Crippen molar-refractivity contribution in [1.82, 2.24) is 4.90 Å². The first-order valence-electron chi connectivity index (χ1n) is 6.50. The Balaban J connectivity index is 2.09. The Kier molecular flexibility index (Phi) is 3.68. The summed E-state index contributed by atoms with van der Waals surface area (Å²) < 4.78 is 5.44. The zero-order valence-corrected chi connectivity index (χ0v) is 10.4. The number of nitriles is 1. The van der Waals surface area contributed by atoms with E-state index in [-0.39, 0.29) is 12.0 Å². The second kappa shape index (κ2) is 5.05. The maximum absolute atomic E-state index is 12.5. The zero-order valence-electron chi connectivity index (χ0n) is 10.4. The summed E-state index contributed by atoms with van der Waals surface area (Å²) in [6, 6.07) is 2.30. The first-order valence-corrected chi connectivity index (χ1v) is 6.50. The van der Waals surface area contributed by atoms with Gasteiger partial charge in [-0.25, -0.2) is 0 Å². The highest BCUT2D eigenvalue weighted by atomic mass is 16.5. The molecule has 1 atom stereocenters. The van der Waals surface area contributed by atoms with Crippen molar-refractivity contribution in [3.8, 4) is 6.07 Å². The lowest BCUT2D eigenvalue weighted by atomic mass is 9.74. The van der Waals surface area contributed by atoms with Gasteiger partial charge < -0.3 is 9.64 Å². The van der Waals surface area contributed by atoms with Crippen LogP contribution in [-0.2, 0) is 9.53 Å². The molecule has 0 aromatic rings. The van der Waals surface area contributed by atoms with Crippen LogP contribution in [0.25, 0.3) is 0 Å². The van der Waals surface area contributed by atoms with E-state index in [0.717, 1.165) is 32.1 Å². The number of nitrogens with zero attached hydrogens (tertiary/aromatic N) is 2. The van der Waals surface area contributed by atoms with Crippen LogP contribution in [0.1, 0.15) is 39.0 Å². The van der Waals surface area contributed by atoms with Crippen molar-refractivity contribution in [1.29, 1.82) is 5.26 Å². The van der Waals surface area contributed by atoms with Gasteiger partial charge in [0.25, 0.3) is 0 Å². The number of rotatable bonds is 1. The molecule has 1 aliphatic carbocycles. The van der Waals surface area contributed by atoms with E-state index in [1.54, 1.807) is 0 Å². The van der Waals surface area contributed by atoms with Gasteiger partial charge in [0.2, 0.25) is 5.91 Å². The van der Waals surface area contributed by atoms with E-state index in [2.05, 4.69) is 6.07 Å². The Bertz CT molecular complexity index is 329. The van der Waals surface area contributed by atoms with E-state index in [1.807, 2.05) is 11.8 Å². The highest BCUT2D eigenvalue weighted by molar-refractivity contribution is 5.85. The average molecular weight is 236 g/mol. The molecule has 1 unspecified atom stereocenters. The van der Waals surface area contributed by atoms with E-state index in [0.29, 0.717) is 19.7 Å². The predicted octanol–water partition coefficient (Wildman–Crippen LogP) is 1.71. The minimum Gasteiger partial charge on any atom is -0.375 e. The largest absolute Gasteiger partial charge is 0.375 e. The topological polar surface area (TPSA) is 53.3 Å². The quantitative estimate of drug-likeness (QED) is 0.696. The third-order valence-electron chi connectivity index (χ3n) is 3.86. The van der Waals surface area contributed by atoms with Crippen LogP contribution < -0.4 is 0 Å². The summed E-state index contributed by atoms with van der Waals surface area (Å²) in [6.07, 6.45) is 4.70. The molecular weight excluding hydrogens is 216 g/mol. The van der Waals surface area contributed by atoms with Crippen LogP contribution >= 0.6 is 0 Å². The molecule has 94 valence electrons. The van der Waals surface area contributed by atoms with E-state index >= 15 is 0 Å². The van der Waals surface area contributed by atoms with Crippen molar-refractivity contribution in [2.45, 2.75) is 45.1 Å². The fourth-order valence-electron chi connectivity index (χ4n) is 2.83. The van der Waals surface area contributed by atoms with Crippen molar-refractivity contribution in [2.75, 3.05) is 19.7 Å². The summed E-state index contributed by atoms with van der Waals surface area (Å²) in [5.74, 6) is 0.0369. The summed E-state index contributed by atoms with van der Waals surface area (Å²) >= 11 is 0. The molecule has 0 spiro atoms. The molecule has 0 N–H and O–H groups in total. The molecule has 0 radical (unpaired) electrons. The number of hydrogen-bond acceptors (Lipinski definition) is 3. The van der Waals surface area contributed by atoms with Crippen LogP contribution in [0.4, 0.5) is 0 Å². The van der Waals surface area contributed by atoms with E-state index in [1.165, 1.54) is 0 Å². The van der Waals surface area contributed by atoms with Gasteiger partial charge in [0.15, 0.2) is 0 Å². The first-order chi connectivity index (χ1) is 8.18. The normalized spacial score (nSPS) is 28.5. The Morgan fingerprint density at radius 3 is 2.71 bits per heavy atom. The lowest BCUT2D eigenvalue weighted by Crippen LogP contribution is -2.51. The van der Waals surface area contributed by atoms with E-state index in [9.17, 15) is 10.1 Å². The van der Waals surface area contributed by atoms with Crippen LogP contribution in [0, 0.1) is 16.7 Å². The van der Waals surface area contributed by atoms with Gasteiger partial charge in [-0.15, -0.1) is 0 Å². The Labute approximate surface area is 103 Å². The Morgan fingerprint density at radius 2 is 2.12 bits per heavy atom. The molecule has 4 nitrogen and oxygen atoms in total. The van der Waals surface area contributed by atoms with Gasteiger partial charge in [0.05, 0.1) is 18.8 Å². The number of carbonyl (C=O) groups is 1. The molecule has 17 heavy (non-hydrogen) atoms. The highest BCUT2D eigenvalue weighted by Gasteiger charge is 2.43. The fraction of sp³-hybridized carbons (Fsp3) is 0.846. The maximum atomic E-state index is 12.5. The lowest BCUT2D eigenvalue weighted by Gasteiger charge is -2.38. The highest BCUT2D eigenvalue weighted by Crippen LogP contribution is 2.37. The summed E-state index contributed by atoms with van der Waals surface area (Å²) in [6.45, 7) is 3.82. The monoisotopic (exact) mass is 236 g/mol. The third kappa shape index (κ3) is 2.44. The molecular formula is C13H20N2O2. The van der Waals surface area contributed by atoms with Gasteiger partial charge in [-0.05, 0) is 19.8 Å². The predicted molar refractivity (Wildman–Crippen MR) is 63.1 cm³/mol. The Hall–Kier alpha value is -1.08. The zero-order chi connectivity index (χ0) is 12.3. The van der Waals surface area contributed by atoms with Gasteiger partial charge in [-0.2, -0.15) is 5.26 Å². The number of amides is 1. The van der Waals surface area contributed by atoms with Crippen molar-refractivity contribution >= 4 is 5.91 Å². The van der Waals surface area contributed by atoms with Gasteiger partial charge in [0, 0.05) is 13.1 Å². The third-order valence-corrected chi connectivity index (χ3v) is 3.86. The van der Waals surface area contributed by atoms with Crippen LogP contribution in [0.2, 0.25) is 0 Å². The van der Waals surface area contributed by atoms with Gasteiger partial charge in [-0.3, -0.25) is 4.79 Å². The fourth-order valence-corrected chi connectivity index (χ4v) is 2.83. The van der Waals surface area contributed by atoms with Crippen molar-refractivity contribution in [3.05, 3.63) is 0 Å². The molecule has 2 aliphatic rings. The Morgan fingerprint density at radius 1 is 1.41 bits per heavy atom. The van der Waals surface area contributed by atoms with Crippen LogP contribution in [-0.4, -0.2) is 36.6 Å². The molecule has 2 fully saturated rings. The number of morpholine rings is 1. The molecule has 0 aromatic heterocycles. The second-order valence-corrected chi connectivity index (χ2v) is 5.19. The SMILES string of the molecule is CC1CN(C(=O)C2(C#N)CCCCC2)CCO1. The van der Waals surface area contributed by atoms with Gasteiger partial charge in [-0.1, -0.05) is 19.3 Å². The minimum atomic E-state index is -0.741. The second-order valence-electron chi connectivity index (χ2n) is 5.19. The summed E-state index contributed by atoms with van der Waals surface area (Å²) in [5.41, 5.74) is -0.741. The van der Waals surface area contributed by atoms with Crippen molar-refractivity contribution in [3.63, 3.8) is 0 Å². The first kappa shape index (κ1) is 12.4. The van der Waals surface area contributed by atoms with Gasteiger partial charge >= 0.3 is 0 Å². The molecule has 4 heteroatoms. The number of hydrogen-bond donors (Lipinski definition) is 0. The molecule has 0 aromatic carbocycles. The minimum absolute atomic E-state index is 0.0369. The smallest absolute Gasteiger partial charge is 0.243 e. The summed E-state index contributed by atoms with van der Waals surface area (Å²) in [4.78, 5) is 14.3. The van der Waals surface area contributed by atoms with Crippen LogP contribution in [0.15, 0.2) is 0 Å². The molecule has 1 saturated heterocycles. The molecule has 1 saturated carbocycles. The molecule has 1 aliphatic heterocycles. The molecule has 1 heterocycles. The number of ether oxygens (including phenoxy) is 1. The molecule has 1 amide bonds. The molecule has 2 rings (SSSR count). The lowest BCUT2D eigenvalue weighted by molar-refractivity contribution is -0.147. The van der Waals surface area contributed by atoms with Crippen LogP contribution in [0.3, 0.4) is 0 Å². The molecule has 0 bridgehead atoms. The average Bonchev–Trinajstić information content (AvgIpc) is 2.38. The van der Waals surface area contributed by atoms with Crippen molar-refractivity contribution < 1.29 is 9.53 Å². The van der Waals surface area contributed by atoms with Crippen molar-refractivity contribution in [2.24, 2.45) is 5.41 Å². The summed E-state index contributed by atoms with van der Waals surface area (Å²) in [5, 5.41) is 9.38.